The molecule has 0 aliphatic carbocycles. The molecule has 0 spiro atoms. The van der Waals surface area contributed by atoms with Crippen LogP contribution in [0.15, 0.2) is 65.6 Å². The Hall–Kier alpha value is -3.25. The smallest absolute Gasteiger partial charge is 0.274 e. The molecule has 3 aromatic heterocycles. The molecule has 0 aliphatic rings. The molecular weight excluding hydrogens is 332 g/mol. The minimum Gasteiger partial charge on any atom is -0.277 e. The summed E-state index contributed by atoms with van der Waals surface area (Å²) >= 11 is 1.39. The largest absolute Gasteiger partial charge is 0.277 e. The number of rotatable bonds is 2. The molecule has 6 heteroatoms. The monoisotopic (exact) mass is 344 g/mol. The number of imidazole rings is 1. The molecule has 2 aromatic carbocycles. The molecule has 0 saturated heterocycles. The van der Waals surface area contributed by atoms with Gasteiger partial charge in [0.15, 0.2) is 4.96 Å². The maximum atomic E-state index is 12.8. The summed E-state index contributed by atoms with van der Waals surface area (Å²) in [6.45, 7) is 0. The zero-order valence-corrected chi connectivity index (χ0v) is 13.8. The highest BCUT2D eigenvalue weighted by Gasteiger charge is 2.12. The first-order chi connectivity index (χ1) is 12.3. The average Bonchev–Trinajstić information content (AvgIpc) is 3.32. The predicted molar refractivity (Wildman–Crippen MR) is 99.7 cm³/mol. The van der Waals surface area contributed by atoms with Crippen molar-refractivity contribution in [3.8, 4) is 11.3 Å². The molecule has 0 bridgehead atoms. The fourth-order valence-corrected chi connectivity index (χ4v) is 3.97. The number of nitrogens with one attached hydrogen (secondary N) is 1. The van der Waals surface area contributed by atoms with Crippen molar-refractivity contribution in [2.45, 2.75) is 0 Å². The molecule has 0 saturated carbocycles. The van der Waals surface area contributed by atoms with E-state index in [4.69, 9.17) is 0 Å². The third-order valence-electron chi connectivity index (χ3n) is 4.16. The maximum absolute atomic E-state index is 12.8. The van der Waals surface area contributed by atoms with Gasteiger partial charge in [0.25, 0.3) is 5.56 Å². The number of hydrogen-bond acceptors (Lipinski definition) is 4. The van der Waals surface area contributed by atoms with E-state index in [-0.39, 0.29) is 5.56 Å². The van der Waals surface area contributed by atoms with Gasteiger partial charge in [-0.3, -0.25) is 9.89 Å². The van der Waals surface area contributed by atoms with Crippen LogP contribution < -0.4 is 10.1 Å². The molecule has 0 aliphatic heterocycles. The van der Waals surface area contributed by atoms with Crippen molar-refractivity contribution < 1.29 is 0 Å². The Morgan fingerprint density at radius 2 is 1.84 bits per heavy atom. The summed E-state index contributed by atoms with van der Waals surface area (Å²) in [5.41, 5.74) is 4.45. The first kappa shape index (κ1) is 14.1. The van der Waals surface area contributed by atoms with Gasteiger partial charge >= 0.3 is 0 Å². The molecule has 0 atom stereocenters. The van der Waals surface area contributed by atoms with Crippen LogP contribution >= 0.6 is 11.3 Å². The summed E-state index contributed by atoms with van der Waals surface area (Å²) in [5, 5.41) is 7.16. The second kappa shape index (κ2) is 5.39. The Balaban J connectivity index is 1.74. The summed E-state index contributed by atoms with van der Waals surface area (Å²) in [6, 6.07) is 17.6. The van der Waals surface area contributed by atoms with E-state index in [1.807, 2.05) is 60.7 Å². The minimum absolute atomic E-state index is 0.0473. The molecule has 0 unspecified atom stereocenters. The summed E-state index contributed by atoms with van der Waals surface area (Å²) in [6.07, 6.45) is 3.62. The van der Waals surface area contributed by atoms with Crippen LogP contribution in [0.4, 0.5) is 0 Å². The number of para-hydroxylation sites is 2. The van der Waals surface area contributed by atoms with Gasteiger partial charge in [-0.05, 0) is 18.2 Å². The number of benzene rings is 2. The number of H-pyrrole nitrogens is 1. The van der Waals surface area contributed by atoms with Crippen molar-refractivity contribution in [3.63, 3.8) is 0 Å². The number of fused-ring (bicyclic) bond motifs is 3. The van der Waals surface area contributed by atoms with Gasteiger partial charge in [-0.15, -0.1) is 0 Å². The SMILES string of the molecule is O=c1/c(=C/c2cn[nH]c2-c2ccccc2)sc2nc3ccccc3n12. The van der Waals surface area contributed by atoms with Crippen molar-refractivity contribution in [2.24, 2.45) is 0 Å². The molecular formula is C19H12N4OS. The fourth-order valence-electron chi connectivity index (χ4n) is 2.99. The van der Waals surface area contributed by atoms with Gasteiger partial charge in [0.1, 0.15) is 0 Å². The average molecular weight is 344 g/mol. The van der Waals surface area contributed by atoms with Crippen molar-refractivity contribution in [1.29, 1.82) is 0 Å². The number of nitrogens with zero attached hydrogens (tertiary/aromatic N) is 3. The van der Waals surface area contributed by atoms with Crippen molar-refractivity contribution >= 4 is 33.4 Å². The van der Waals surface area contributed by atoms with E-state index in [0.717, 1.165) is 27.9 Å². The number of aromatic nitrogens is 4. The highest BCUT2D eigenvalue weighted by atomic mass is 32.1. The summed E-state index contributed by atoms with van der Waals surface area (Å²) in [7, 11) is 0. The van der Waals surface area contributed by atoms with Gasteiger partial charge in [0.05, 0.1) is 27.5 Å². The zero-order chi connectivity index (χ0) is 16.8. The van der Waals surface area contributed by atoms with Crippen LogP contribution in [-0.2, 0) is 0 Å². The number of aromatic amines is 1. The lowest BCUT2D eigenvalue weighted by Crippen LogP contribution is -2.22. The second-order valence-corrected chi connectivity index (χ2v) is 6.71. The third-order valence-corrected chi connectivity index (χ3v) is 5.13. The van der Waals surface area contributed by atoms with Crippen LogP contribution in [0.25, 0.3) is 33.3 Å². The molecule has 25 heavy (non-hydrogen) atoms. The first-order valence-corrected chi connectivity index (χ1v) is 8.63. The highest BCUT2D eigenvalue weighted by Crippen LogP contribution is 2.21. The Morgan fingerprint density at radius 1 is 1.04 bits per heavy atom. The van der Waals surface area contributed by atoms with Gasteiger partial charge in [0, 0.05) is 11.1 Å². The molecule has 5 nitrogen and oxygen atoms in total. The van der Waals surface area contributed by atoms with E-state index < -0.39 is 0 Å². The summed E-state index contributed by atoms with van der Waals surface area (Å²) in [5.74, 6) is 0. The number of thiazole rings is 1. The topological polar surface area (TPSA) is 63.0 Å². The molecule has 5 aromatic rings. The molecule has 5 rings (SSSR count). The minimum atomic E-state index is -0.0473. The first-order valence-electron chi connectivity index (χ1n) is 7.82. The van der Waals surface area contributed by atoms with E-state index in [9.17, 15) is 4.79 Å². The number of hydrogen-bond donors (Lipinski definition) is 1. The fraction of sp³-hybridized carbons (Fsp3) is 0. The van der Waals surface area contributed by atoms with Crippen LogP contribution in [0, 0.1) is 0 Å². The van der Waals surface area contributed by atoms with Crippen LogP contribution in [-0.4, -0.2) is 19.6 Å². The van der Waals surface area contributed by atoms with E-state index in [1.165, 1.54) is 11.3 Å². The Morgan fingerprint density at radius 3 is 2.72 bits per heavy atom. The van der Waals surface area contributed by atoms with Gasteiger partial charge in [-0.25, -0.2) is 9.38 Å². The van der Waals surface area contributed by atoms with Crippen LogP contribution in [0.1, 0.15) is 5.56 Å². The van der Waals surface area contributed by atoms with Crippen molar-refractivity contribution in [1.82, 2.24) is 19.6 Å². The van der Waals surface area contributed by atoms with Gasteiger partial charge < -0.3 is 0 Å². The van der Waals surface area contributed by atoms with Crippen molar-refractivity contribution in [3.05, 3.63) is 81.2 Å². The van der Waals surface area contributed by atoms with Gasteiger partial charge in [-0.1, -0.05) is 53.8 Å². The summed E-state index contributed by atoms with van der Waals surface area (Å²) in [4.78, 5) is 18.1. The normalized spacial score (nSPS) is 12.4. The quantitative estimate of drug-likeness (QED) is 0.536. The Bertz CT molecular complexity index is 1310. The van der Waals surface area contributed by atoms with Gasteiger partial charge in [0.2, 0.25) is 0 Å². The molecule has 3 heterocycles. The lowest BCUT2D eigenvalue weighted by molar-refractivity contribution is 1.10. The molecule has 1 N–H and O–H groups in total. The van der Waals surface area contributed by atoms with E-state index in [0.29, 0.717) is 9.49 Å². The standard InChI is InChI=1S/C19H12N4OS/c24-18-16(25-19-21-14-8-4-5-9-15(14)23(18)19)10-13-11-20-22-17(13)12-6-2-1-3-7-12/h1-11H,(H,20,22)/b16-10-. The summed E-state index contributed by atoms with van der Waals surface area (Å²) < 4.78 is 2.32. The van der Waals surface area contributed by atoms with Crippen LogP contribution in [0.5, 0.6) is 0 Å². The predicted octanol–water partition coefficient (Wildman–Crippen LogP) is 2.85. The van der Waals surface area contributed by atoms with E-state index >= 15 is 0 Å². The van der Waals surface area contributed by atoms with Crippen LogP contribution in [0.3, 0.4) is 0 Å². The zero-order valence-electron chi connectivity index (χ0n) is 13.0. The maximum Gasteiger partial charge on any atom is 0.274 e. The van der Waals surface area contributed by atoms with E-state index in [1.54, 1.807) is 10.6 Å². The van der Waals surface area contributed by atoms with E-state index in [2.05, 4.69) is 15.2 Å². The van der Waals surface area contributed by atoms with Gasteiger partial charge in [-0.2, -0.15) is 5.10 Å². The Labute approximate surface area is 145 Å². The lowest BCUT2D eigenvalue weighted by atomic mass is 10.1. The highest BCUT2D eigenvalue weighted by molar-refractivity contribution is 7.15. The third kappa shape index (κ3) is 2.19. The molecule has 0 fully saturated rings. The lowest BCUT2D eigenvalue weighted by Gasteiger charge is -1.98. The molecule has 120 valence electrons. The van der Waals surface area contributed by atoms with Crippen molar-refractivity contribution in [2.75, 3.05) is 0 Å². The second-order valence-electron chi connectivity index (χ2n) is 5.70. The Kier molecular flexibility index (Phi) is 3.05. The molecule has 0 amide bonds. The van der Waals surface area contributed by atoms with Crippen LogP contribution in [0.2, 0.25) is 0 Å². The molecule has 0 radical (unpaired) electrons.